The largest absolute Gasteiger partial charge is 0.336 e. The van der Waals surface area contributed by atoms with E-state index in [0.717, 1.165) is 20.1 Å². The number of fused-ring (bicyclic) bond motifs is 1. The number of nitrogens with one attached hydrogen (secondary N) is 3. The Hall–Kier alpha value is -3.23. The highest BCUT2D eigenvalue weighted by atomic mass is 32.1. The molecule has 0 bridgehead atoms. The predicted octanol–water partition coefficient (Wildman–Crippen LogP) is 5.81. The molecule has 0 saturated heterocycles. The van der Waals surface area contributed by atoms with E-state index < -0.39 is 0 Å². The molecule has 2 heterocycles. The number of hydrogen-bond acceptors (Lipinski definition) is 5. The van der Waals surface area contributed by atoms with Crippen LogP contribution in [0.5, 0.6) is 0 Å². The first kappa shape index (κ1) is 20.1. The number of aromatic nitrogens is 1. The fraction of sp³-hybridized carbons (Fsp3) is 0.136. The molecule has 0 atom stereocenters. The highest BCUT2D eigenvalue weighted by Gasteiger charge is 2.15. The summed E-state index contributed by atoms with van der Waals surface area (Å²) in [6.07, 6.45) is 0. The Labute approximate surface area is 182 Å². The minimum atomic E-state index is -0.319. The molecule has 0 aliphatic rings. The molecule has 4 aromatic rings. The number of carbonyl (C=O) groups excluding carboxylic acids is 2. The molecular formula is C22H20N4O2S2. The minimum Gasteiger partial charge on any atom is -0.336 e. The zero-order chi connectivity index (χ0) is 21.1. The molecule has 2 aromatic heterocycles. The van der Waals surface area contributed by atoms with E-state index in [-0.39, 0.29) is 18.0 Å². The van der Waals surface area contributed by atoms with Gasteiger partial charge in [-0.1, -0.05) is 24.3 Å². The molecule has 6 nitrogen and oxygen atoms in total. The van der Waals surface area contributed by atoms with Crippen LogP contribution >= 0.6 is 22.7 Å². The van der Waals surface area contributed by atoms with Crippen molar-refractivity contribution < 1.29 is 9.59 Å². The number of carbonyl (C=O) groups is 2. The molecule has 2 aromatic carbocycles. The molecule has 3 N–H and O–H groups in total. The average Bonchev–Trinajstić information content (AvgIpc) is 3.36. The molecule has 30 heavy (non-hydrogen) atoms. The van der Waals surface area contributed by atoms with Crippen LogP contribution in [0.1, 0.15) is 23.5 Å². The van der Waals surface area contributed by atoms with Crippen molar-refractivity contribution in [3.63, 3.8) is 0 Å². The number of urea groups is 1. The molecule has 0 unspecified atom stereocenters. The summed E-state index contributed by atoms with van der Waals surface area (Å²) in [5.74, 6) is -0.231. The van der Waals surface area contributed by atoms with Crippen molar-refractivity contribution in [1.29, 1.82) is 0 Å². The van der Waals surface area contributed by atoms with E-state index in [0.29, 0.717) is 16.3 Å². The molecule has 4 rings (SSSR count). The van der Waals surface area contributed by atoms with Gasteiger partial charge in [-0.2, -0.15) is 0 Å². The Balaban J connectivity index is 1.51. The first-order valence-corrected chi connectivity index (χ1v) is 11.1. The summed E-state index contributed by atoms with van der Waals surface area (Å²) in [5, 5.41) is 9.33. The maximum absolute atomic E-state index is 12.8. The summed E-state index contributed by atoms with van der Waals surface area (Å²) in [6.45, 7) is 3.76. The van der Waals surface area contributed by atoms with Gasteiger partial charge in [-0.25, -0.2) is 9.78 Å². The summed E-state index contributed by atoms with van der Waals surface area (Å²) in [6, 6.07) is 18.5. The number of benzene rings is 2. The van der Waals surface area contributed by atoms with Gasteiger partial charge in [-0.3, -0.25) is 4.79 Å². The van der Waals surface area contributed by atoms with Crippen molar-refractivity contribution in [2.24, 2.45) is 0 Å². The molecule has 0 radical (unpaired) electrons. The third-order valence-electron chi connectivity index (χ3n) is 4.18. The van der Waals surface area contributed by atoms with Crippen LogP contribution in [-0.2, 0) is 0 Å². The van der Waals surface area contributed by atoms with Gasteiger partial charge in [0.25, 0.3) is 5.91 Å². The third kappa shape index (κ3) is 4.50. The summed E-state index contributed by atoms with van der Waals surface area (Å²) in [7, 11) is 0. The van der Waals surface area contributed by atoms with Gasteiger partial charge in [0.2, 0.25) is 0 Å². The molecule has 0 aliphatic carbocycles. The van der Waals surface area contributed by atoms with Crippen molar-refractivity contribution in [2.45, 2.75) is 19.9 Å². The Morgan fingerprint density at radius 1 is 0.867 bits per heavy atom. The fourth-order valence-corrected chi connectivity index (χ4v) is 4.78. The number of anilines is 2. The van der Waals surface area contributed by atoms with Gasteiger partial charge < -0.3 is 16.0 Å². The summed E-state index contributed by atoms with van der Waals surface area (Å²) in [4.78, 5) is 31.0. The van der Waals surface area contributed by atoms with Gasteiger partial charge in [0.15, 0.2) is 0 Å². The lowest BCUT2D eigenvalue weighted by molar-refractivity contribution is 0.103. The van der Waals surface area contributed by atoms with Crippen molar-refractivity contribution in [2.75, 3.05) is 10.6 Å². The van der Waals surface area contributed by atoms with Crippen LogP contribution in [0.25, 0.3) is 20.1 Å². The number of thiazole rings is 1. The zero-order valence-electron chi connectivity index (χ0n) is 16.4. The second-order valence-corrected chi connectivity index (χ2v) is 9.02. The third-order valence-corrected chi connectivity index (χ3v) is 6.47. The van der Waals surface area contributed by atoms with E-state index in [1.165, 1.54) is 11.3 Å². The number of thiophene rings is 1. The SMILES string of the molecule is CC(C)NC(=O)Nc1ccccc1NC(=O)c1ccc(-c2nc3ccccc3s2)s1. The van der Waals surface area contributed by atoms with Crippen molar-refractivity contribution in [1.82, 2.24) is 10.3 Å². The monoisotopic (exact) mass is 436 g/mol. The van der Waals surface area contributed by atoms with Crippen LogP contribution in [0, 0.1) is 0 Å². The van der Waals surface area contributed by atoms with Crippen LogP contribution in [-0.4, -0.2) is 23.0 Å². The van der Waals surface area contributed by atoms with Gasteiger partial charge in [0, 0.05) is 6.04 Å². The number of para-hydroxylation sites is 3. The number of hydrogen-bond donors (Lipinski definition) is 3. The highest BCUT2D eigenvalue weighted by Crippen LogP contribution is 2.34. The van der Waals surface area contributed by atoms with Gasteiger partial charge in [-0.15, -0.1) is 22.7 Å². The Morgan fingerprint density at radius 2 is 1.57 bits per heavy atom. The highest BCUT2D eigenvalue weighted by molar-refractivity contribution is 7.26. The van der Waals surface area contributed by atoms with Crippen molar-refractivity contribution in [3.8, 4) is 9.88 Å². The summed E-state index contributed by atoms with van der Waals surface area (Å²) >= 11 is 3.00. The van der Waals surface area contributed by atoms with Crippen LogP contribution in [0.4, 0.5) is 16.2 Å². The quantitative estimate of drug-likeness (QED) is 0.369. The number of amides is 3. The van der Waals surface area contributed by atoms with Crippen LogP contribution in [0.15, 0.2) is 60.7 Å². The molecule has 8 heteroatoms. The maximum atomic E-state index is 12.8. The molecule has 152 valence electrons. The van der Waals surface area contributed by atoms with E-state index in [2.05, 4.69) is 20.9 Å². The van der Waals surface area contributed by atoms with Gasteiger partial charge in [0.1, 0.15) is 5.01 Å². The molecule has 0 spiro atoms. The van der Waals surface area contributed by atoms with E-state index in [9.17, 15) is 9.59 Å². The molecular weight excluding hydrogens is 416 g/mol. The zero-order valence-corrected chi connectivity index (χ0v) is 18.1. The van der Waals surface area contributed by atoms with E-state index in [4.69, 9.17) is 0 Å². The lowest BCUT2D eigenvalue weighted by Crippen LogP contribution is -2.34. The fourth-order valence-electron chi connectivity index (χ4n) is 2.86. The normalized spacial score (nSPS) is 10.9. The van der Waals surface area contributed by atoms with Gasteiger partial charge in [0.05, 0.1) is 31.3 Å². The van der Waals surface area contributed by atoms with Gasteiger partial charge in [-0.05, 0) is 50.2 Å². The van der Waals surface area contributed by atoms with Crippen LogP contribution in [0.2, 0.25) is 0 Å². The van der Waals surface area contributed by atoms with Gasteiger partial charge >= 0.3 is 6.03 Å². The molecule has 3 amide bonds. The Morgan fingerprint density at radius 3 is 2.30 bits per heavy atom. The second-order valence-electron chi connectivity index (χ2n) is 6.90. The van der Waals surface area contributed by atoms with E-state index in [1.807, 2.05) is 50.2 Å². The maximum Gasteiger partial charge on any atom is 0.319 e. The molecule has 0 aliphatic heterocycles. The smallest absolute Gasteiger partial charge is 0.319 e. The number of nitrogens with zero attached hydrogens (tertiary/aromatic N) is 1. The van der Waals surface area contributed by atoms with E-state index >= 15 is 0 Å². The summed E-state index contributed by atoms with van der Waals surface area (Å²) < 4.78 is 1.12. The van der Waals surface area contributed by atoms with Crippen molar-refractivity contribution >= 4 is 56.2 Å². The van der Waals surface area contributed by atoms with Crippen molar-refractivity contribution in [3.05, 3.63) is 65.5 Å². The average molecular weight is 437 g/mol. The van der Waals surface area contributed by atoms with E-state index in [1.54, 1.807) is 35.6 Å². The second kappa shape index (κ2) is 8.64. The standard InChI is InChI=1S/C22H20N4O2S2/c1-13(2)23-22(28)26-15-8-4-3-7-14(15)24-20(27)18-11-12-19(29-18)21-25-16-9-5-6-10-17(16)30-21/h3-13H,1-2H3,(H,24,27)(H2,23,26,28). The van der Waals surface area contributed by atoms with Crippen LogP contribution < -0.4 is 16.0 Å². The Kier molecular flexibility index (Phi) is 5.78. The summed E-state index contributed by atoms with van der Waals surface area (Å²) in [5.41, 5.74) is 2.03. The van der Waals surface area contributed by atoms with Crippen LogP contribution in [0.3, 0.4) is 0 Å². The minimum absolute atomic E-state index is 0.0128. The lowest BCUT2D eigenvalue weighted by Gasteiger charge is -2.14. The molecule has 0 fully saturated rings. The Bertz CT molecular complexity index is 1180. The lowest BCUT2D eigenvalue weighted by atomic mass is 10.2. The molecule has 0 saturated carbocycles. The first-order chi connectivity index (χ1) is 14.5. The topological polar surface area (TPSA) is 83.1 Å². The predicted molar refractivity (Wildman–Crippen MR) is 125 cm³/mol. The first-order valence-electron chi connectivity index (χ1n) is 9.43. The number of rotatable bonds is 5.